The molecule has 0 aliphatic rings. The molecule has 1 unspecified atom stereocenters. The van der Waals surface area contributed by atoms with Gasteiger partial charge in [-0.3, -0.25) is 0 Å². The summed E-state index contributed by atoms with van der Waals surface area (Å²) in [6.07, 6.45) is 5.03. The lowest BCUT2D eigenvalue weighted by molar-refractivity contribution is 0.231. The molecule has 3 heteroatoms. The highest BCUT2D eigenvalue weighted by Crippen LogP contribution is 2.24. The van der Waals surface area contributed by atoms with E-state index in [0.29, 0.717) is 5.92 Å². The summed E-state index contributed by atoms with van der Waals surface area (Å²) in [6, 6.07) is 6.27. The topological polar surface area (TPSA) is 21.3 Å². The largest absolute Gasteiger partial charge is 0.493 e. The van der Waals surface area contributed by atoms with Gasteiger partial charge in [0.1, 0.15) is 5.75 Å². The summed E-state index contributed by atoms with van der Waals surface area (Å²) >= 11 is 3.53. The number of benzene rings is 1. The molecular formula is C17H28BrNO. The van der Waals surface area contributed by atoms with Crippen LogP contribution in [0.2, 0.25) is 0 Å². The number of unbranched alkanes of at least 4 members (excludes halogenated alkanes) is 1. The van der Waals surface area contributed by atoms with E-state index >= 15 is 0 Å². The van der Waals surface area contributed by atoms with E-state index in [9.17, 15) is 0 Å². The molecule has 1 atom stereocenters. The normalized spacial score (nSPS) is 12.4. The zero-order valence-electron chi connectivity index (χ0n) is 13.0. The van der Waals surface area contributed by atoms with E-state index in [2.05, 4.69) is 60.2 Å². The lowest BCUT2D eigenvalue weighted by atomic mass is 10.0. The van der Waals surface area contributed by atoms with Crippen LogP contribution in [0.1, 0.15) is 52.0 Å². The third kappa shape index (κ3) is 6.27. The standard InChI is InChI=1S/C17H28BrNO/c1-4-7-8-14(5-2)13-20-17-10-9-16(18)11-15(17)12-19-6-3/h9-11,14,19H,4-8,12-13H2,1-3H3. The van der Waals surface area contributed by atoms with Gasteiger partial charge in [0.05, 0.1) is 6.61 Å². The molecule has 0 saturated heterocycles. The van der Waals surface area contributed by atoms with Gasteiger partial charge in [0.15, 0.2) is 0 Å². The minimum atomic E-state index is 0.672. The van der Waals surface area contributed by atoms with E-state index in [1.807, 2.05) is 0 Å². The molecule has 0 fully saturated rings. The molecule has 0 radical (unpaired) electrons. The van der Waals surface area contributed by atoms with Crippen LogP contribution in [0.25, 0.3) is 0 Å². The summed E-state index contributed by atoms with van der Waals surface area (Å²) in [5.41, 5.74) is 1.23. The Kier molecular flexibility index (Phi) is 8.95. The van der Waals surface area contributed by atoms with Gasteiger partial charge >= 0.3 is 0 Å². The molecule has 0 aromatic heterocycles. The Bertz CT molecular complexity index is 381. The van der Waals surface area contributed by atoms with Gasteiger partial charge in [-0.2, -0.15) is 0 Å². The highest BCUT2D eigenvalue weighted by atomic mass is 79.9. The van der Waals surface area contributed by atoms with Crippen molar-refractivity contribution in [3.8, 4) is 5.75 Å². The van der Waals surface area contributed by atoms with Crippen LogP contribution in [-0.4, -0.2) is 13.2 Å². The van der Waals surface area contributed by atoms with Crippen molar-refractivity contribution in [2.24, 2.45) is 5.92 Å². The SMILES string of the molecule is CCCCC(CC)COc1ccc(Br)cc1CNCC. The second-order valence-electron chi connectivity index (χ2n) is 5.26. The number of rotatable bonds is 10. The van der Waals surface area contributed by atoms with Crippen LogP contribution in [0.3, 0.4) is 0 Å². The lowest BCUT2D eigenvalue weighted by Crippen LogP contribution is -2.15. The van der Waals surface area contributed by atoms with Gasteiger partial charge in [-0.1, -0.05) is 56.0 Å². The van der Waals surface area contributed by atoms with E-state index in [0.717, 1.165) is 29.9 Å². The first-order chi connectivity index (χ1) is 9.71. The maximum Gasteiger partial charge on any atom is 0.123 e. The first-order valence-electron chi connectivity index (χ1n) is 7.83. The third-order valence-electron chi connectivity index (χ3n) is 3.61. The third-order valence-corrected chi connectivity index (χ3v) is 4.10. The molecule has 0 saturated carbocycles. The van der Waals surface area contributed by atoms with Gasteiger partial charge in [0, 0.05) is 16.6 Å². The Labute approximate surface area is 132 Å². The fourth-order valence-electron chi connectivity index (χ4n) is 2.19. The highest BCUT2D eigenvalue weighted by Gasteiger charge is 2.09. The van der Waals surface area contributed by atoms with Gasteiger partial charge in [-0.25, -0.2) is 0 Å². The zero-order chi connectivity index (χ0) is 14.8. The predicted molar refractivity (Wildman–Crippen MR) is 90.3 cm³/mol. The number of ether oxygens (including phenoxy) is 1. The van der Waals surface area contributed by atoms with Crippen LogP contribution >= 0.6 is 15.9 Å². The summed E-state index contributed by atoms with van der Waals surface area (Å²) in [4.78, 5) is 0. The molecule has 1 rings (SSSR count). The first kappa shape index (κ1) is 17.5. The molecule has 0 amide bonds. The zero-order valence-corrected chi connectivity index (χ0v) is 14.6. The Morgan fingerprint density at radius 1 is 1.25 bits per heavy atom. The summed E-state index contributed by atoms with van der Waals surface area (Å²) < 4.78 is 7.19. The minimum absolute atomic E-state index is 0.672. The van der Waals surface area contributed by atoms with E-state index in [4.69, 9.17) is 4.74 Å². The maximum atomic E-state index is 6.08. The second-order valence-corrected chi connectivity index (χ2v) is 6.18. The Morgan fingerprint density at radius 3 is 2.70 bits per heavy atom. The average Bonchev–Trinajstić information content (AvgIpc) is 2.46. The van der Waals surface area contributed by atoms with E-state index in [1.165, 1.54) is 31.2 Å². The van der Waals surface area contributed by atoms with Crippen LogP contribution in [0, 0.1) is 5.92 Å². The molecule has 1 N–H and O–H groups in total. The van der Waals surface area contributed by atoms with Crippen molar-refractivity contribution in [3.63, 3.8) is 0 Å². The maximum absolute atomic E-state index is 6.08. The molecule has 1 aromatic rings. The van der Waals surface area contributed by atoms with E-state index in [-0.39, 0.29) is 0 Å². The minimum Gasteiger partial charge on any atom is -0.493 e. The second kappa shape index (κ2) is 10.2. The highest BCUT2D eigenvalue weighted by molar-refractivity contribution is 9.10. The number of halogens is 1. The fourth-order valence-corrected chi connectivity index (χ4v) is 2.60. The Balaban J connectivity index is 2.60. The van der Waals surface area contributed by atoms with Gasteiger partial charge in [-0.05, 0) is 37.1 Å². The molecule has 0 bridgehead atoms. The molecule has 0 aliphatic carbocycles. The Morgan fingerprint density at radius 2 is 2.05 bits per heavy atom. The van der Waals surface area contributed by atoms with Crippen LogP contribution < -0.4 is 10.1 Å². The Hall–Kier alpha value is -0.540. The smallest absolute Gasteiger partial charge is 0.123 e. The molecule has 20 heavy (non-hydrogen) atoms. The van der Waals surface area contributed by atoms with E-state index in [1.54, 1.807) is 0 Å². The number of hydrogen-bond donors (Lipinski definition) is 1. The van der Waals surface area contributed by atoms with E-state index < -0.39 is 0 Å². The van der Waals surface area contributed by atoms with Crippen LogP contribution in [-0.2, 0) is 6.54 Å². The summed E-state index contributed by atoms with van der Waals surface area (Å²) in [6.45, 7) is 9.28. The van der Waals surface area contributed by atoms with Crippen molar-refractivity contribution in [1.82, 2.24) is 5.32 Å². The van der Waals surface area contributed by atoms with Gasteiger partial charge < -0.3 is 10.1 Å². The molecule has 2 nitrogen and oxygen atoms in total. The molecular weight excluding hydrogens is 314 g/mol. The van der Waals surface area contributed by atoms with Crippen LogP contribution in [0.15, 0.2) is 22.7 Å². The average molecular weight is 342 g/mol. The number of hydrogen-bond acceptors (Lipinski definition) is 2. The van der Waals surface area contributed by atoms with Crippen molar-refractivity contribution in [3.05, 3.63) is 28.2 Å². The summed E-state index contributed by atoms with van der Waals surface area (Å²) in [5, 5.41) is 3.37. The van der Waals surface area contributed by atoms with Gasteiger partial charge in [0.25, 0.3) is 0 Å². The quantitative estimate of drug-likeness (QED) is 0.635. The van der Waals surface area contributed by atoms with Gasteiger partial charge in [-0.15, -0.1) is 0 Å². The molecule has 1 aromatic carbocycles. The van der Waals surface area contributed by atoms with Crippen molar-refractivity contribution in [2.45, 2.75) is 53.0 Å². The van der Waals surface area contributed by atoms with Crippen LogP contribution in [0.5, 0.6) is 5.75 Å². The van der Waals surface area contributed by atoms with Crippen molar-refractivity contribution in [1.29, 1.82) is 0 Å². The monoisotopic (exact) mass is 341 g/mol. The van der Waals surface area contributed by atoms with Crippen molar-refractivity contribution >= 4 is 15.9 Å². The summed E-state index contributed by atoms with van der Waals surface area (Å²) in [7, 11) is 0. The first-order valence-corrected chi connectivity index (χ1v) is 8.62. The van der Waals surface area contributed by atoms with Crippen molar-refractivity contribution < 1.29 is 4.74 Å². The molecule has 0 aliphatic heterocycles. The van der Waals surface area contributed by atoms with Gasteiger partial charge in [0.2, 0.25) is 0 Å². The molecule has 0 spiro atoms. The number of nitrogens with one attached hydrogen (secondary N) is 1. The van der Waals surface area contributed by atoms with Crippen LogP contribution in [0.4, 0.5) is 0 Å². The fraction of sp³-hybridized carbons (Fsp3) is 0.647. The van der Waals surface area contributed by atoms with Crippen molar-refractivity contribution in [2.75, 3.05) is 13.2 Å². The summed E-state index contributed by atoms with van der Waals surface area (Å²) in [5.74, 6) is 1.69. The predicted octanol–water partition coefficient (Wildman–Crippen LogP) is 5.15. The molecule has 114 valence electrons. The lowest BCUT2D eigenvalue weighted by Gasteiger charge is -2.18. The molecule has 0 heterocycles.